The lowest BCUT2D eigenvalue weighted by Crippen LogP contribution is -2.29. The zero-order valence-corrected chi connectivity index (χ0v) is 13.5. The van der Waals surface area contributed by atoms with E-state index in [0.717, 1.165) is 42.8 Å². The molecular formula is C16H22N4O3. The number of aryl methyl sites for hydroxylation is 1. The van der Waals surface area contributed by atoms with Crippen LogP contribution in [0.3, 0.4) is 0 Å². The summed E-state index contributed by atoms with van der Waals surface area (Å²) in [5.41, 5.74) is 2.69. The van der Waals surface area contributed by atoms with Crippen LogP contribution in [-0.4, -0.2) is 47.0 Å². The van der Waals surface area contributed by atoms with Gasteiger partial charge in [-0.1, -0.05) is 6.92 Å². The number of anilines is 1. The number of pyridine rings is 1. The molecule has 0 saturated carbocycles. The van der Waals surface area contributed by atoms with Crippen LogP contribution in [0, 0.1) is 0 Å². The van der Waals surface area contributed by atoms with Crippen molar-refractivity contribution in [2.75, 3.05) is 25.1 Å². The lowest BCUT2D eigenvalue weighted by atomic mass is 10.0. The maximum atomic E-state index is 12.5. The third-order valence-electron chi connectivity index (χ3n) is 4.06. The Balaban J connectivity index is 2.08. The summed E-state index contributed by atoms with van der Waals surface area (Å²) in [7, 11) is 0. The van der Waals surface area contributed by atoms with Gasteiger partial charge in [0.05, 0.1) is 29.6 Å². The van der Waals surface area contributed by atoms with Crippen LogP contribution < -0.4 is 5.32 Å². The number of aromatic amines is 1. The highest BCUT2D eigenvalue weighted by Gasteiger charge is 2.25. The summed E-state index contributed by atoms with van der Waals surface area (Å²) in [5, 5.41) is 11.3. The molecule has 7 nitrogen and oxygen atoms in total. The van der Waals surface area contributed by atoms with Gasteiger partial charge < -0.3 is 14.8 Å². The minimum absolute atomic E-state index is 0.266. The second kappa shape index (κ2) is 6.95. The van der Waals surface area contributed by atoms with Crippen LogP contribution in [0.15, 0.2) is 6.20 Å². The predicted octanol–water partition coefficient (Wildman–Crippen LogP) is 2.29. The van der Waals surface area contributed by atoms with Crippen molar-refractivity contribution >= 4 is 22.7 Å². The summed E-state index contributed by atoms with van der Waals surface area (Å²) >= 11 is 0. The van der Waals surface area contributed by atoms with E-state index in [2.05, 4.69) is 20.5 Å². The molecule has 1 aliphatic heterocycles. The molecule has 0 aliphatic carbocycles. The lowest BCUT2D eigenvalue weighted by Gasteiger charge is -2.26. The molecule has 3 rings (SSSR count). The van der Waals surface area contributed by atoms with E-state index in [0.29, 0.717) is 24.2 Å². The van der Waals surface area contributed by atoms with Gasteiger partial charge in [0.15, 0.2) is 5.65 Å². The number of aromatic nitrogens is 3. The van der Waals surface area contributed by atoms with E-state index in [1.807, 2.05) is 6.92 Å². The Morgan fingerprint density at radius 1 is 1.43 bits per heavy atom. The number of hydrogen-bond acceptors (Lipinski definition) is 6. The molecular weight excluding hydrogens is 296 g/mol. The molecule has 0 unspecified atom stereocenters. The van der Waals surface area contributed by atoms with Crippen molar-refractivity contribution in [3.05, 3.63) is 17.5 Å². The molecule has 0 atom stereocenters. The molecule has 0 bridgehead atoms. The van der Waals surface area contributed by atoms with Gasteiger partial charge in [-0.15, -0.1) is 0 Å². The van der Waals surface area contributed by atoms with Crippen LogP contribution in [-0.2, 0) is 15.9 Å². The largest absolute Gasteiger partial charge is 0.462 e. The molecule has 0 spiro atoms. The Morgan fingerprint density at radius 3 is 2.91 bits per heavy atom. The smallest absolute Gasteiger partial charge is 0.342 e. The van der Waals surface area contributed by atoms with E-state index in [9.17, 15) is 4.79 Å². The third kappa shape index (κ3) is 3.14. The van der Waals surface area contributed by atoms with E-state index >= 15 is 0 Å². The molecule has 1 aliphatic rings. The van der Waals surface area contributed by atoms with E-state index in [1.165, 1.54) is 0 Å². The van der Waals surface area contributed by atoms with Gasteiger partial charge in [0.2, 0.25) is 0 Å². The first-order valence-electron chi connectivity index (χ1n) is 8.11. The first-order valence-corrected chi connectivity index (χ1v) is 8.11. The van der Waals surface area contributed by atoms with E-state index < -0.39 is 0 Å². The summed E-state index contributed by atoms with van der Waals surface area (Å²) in [5.74, 6) is -0.338. The minimum atomic E-state index is -0.338. The highest BCUT2D eigenvalue weighted by molar-refractivity contribution is 6.05. The van der Waals surface area contributed by atoms with Gasteiger partial charge in [0.25, 0.3) is 0 Å². The normalized spacial score (nSPS) is 15.7. The van der Waals surface area contributed by atoms with Crippen molar-refractivity contribution in [1.82, 2.24) is 15.2 Å². The maximum absolute atomic E-state index is 12.5. The molecule has 0 radical (unpaired) electrons. The molecule has 2 aromatic rings. The van der Waals surface area contributed by atoms with Crippen molar-refractivity contribution < 1.29 is 14.3 Å². The Kier molecular flexibility index (Phi) is 4.76. The summed E-state index contributed by atoms with van der Waals surface area (Å²) in [6.07, 6.45) is 4.16. The fourth-order valence-corrected chi connectivity index (χ4v) is 2.89. The van der Waals surface area contributed by atoms with Crippen LogP contribution in [0.4, 0.5) is 5.69 Å². The third-order valence-corrected chi connectivity index (χ3v) is 4.06. The fourth-order valence-electron chi connectivity index (χ4n) is 2.89. The Hall–Kier alpha value is -2.15. The number of fused-ring (bicyclic) bond motifs is 1. The average molecular weight is 318 g/mol. The quantitative estimate of drug-likeness (QED) is 0.822. The molecule has 124 valence electrons. The van der Waals surface area contributed by atoms with Gasteiger partial charge in [-0.3, -0.25) is 5.10 Å². The van der Waals surface area contributed by atoms with Crippen molar-refractivity contribution in [2.45, 2.75) is 39.2 Å². The second-order valence-electron chi connectivity index (χ2n) is 5.55. The fraction of sp³-hybridized carbons (Fsp3) is 0.562. The Bertz CT molecular complexity index is 692. The minimum Gasteiger partial charge on any atom is -0.462 e. The molecule has 0 aromatic carbocycles. The van der Waals surface area contributed by atoms with Crippen molar-refractivity contribution in [1.29, 1.82) is 0 Å². The van der Waals surface area contributed by atoms with Gasteiger partial charge in [-0.05, 0) is 26.2 Å². The number of carbonyl (C=O) groups excluding carboxylic acids is 1. The van der Waals surface area contributed by atoms with Gasteiger partial charge in [0, 0.05) is 19.3 Å². The zero-order chi connectivity index (χ0) is 16.2. The number of hydrogen-bond donors (Lipinski definition) is 2. The number of nitrogens with one attached hydrogen (secondary N) is 2. The van der Waals surface area contributed by atoms with Gasteiger partial charge in [0.1, 0.15) is 5.56 Å². The predicted molar refractivity (Wildman–Crippen MR) is 86.7 cm³/mol. The Morgan fingerprint density at radius 2 is 2.22 bits per heavy atom. The molecule has 1 fully saturated rings. The summed E-state index contributed by atoms with van der Waals surface area (Å²) < 4.78 is 10.7. The van der Waals surface area contributed by atoms with E-state index in [4.69, 9.17) is 9.47 Å². The molecule has 7 heteroatoms. The molecule has 2 aromatic heterocycles. The van der Waals surface area contributed by atoms with Gasteiger partial charge >= 0.3 is 5.97 Å². The topological polar surface area (TPSA) is 89.1 Å². The van der Waals surface area contributed by atoms with Crippen molar-refractivity contribution in [2.24, 2.45) is 0 Å². The second-order valence-corrected chi connectivity index (χ2v) is 5.55. The summed E-state index contributed by atoms with van der Waals surface area (Å²) in [6.45, 7) is 5.58. The van der Waals surface area contributed by atoms with Crippen LogP contribution in [0.5, 0.6) is 0 Å². The molecule has 23 heavy (non-hydrogen) atoms. The van der Waals surface area contributed by atoms with Crippen molar-refractivity contribution in [3.63, 3.8) is 0 Å². The van der Waals surface area contributed by atoms with Crippen LogP contribution in [0.25, 0.3) is 11.0 Å². The van der Waals surface area contributed by atoms with Crippen LogP contribution in [0.1, 0.15) is 42.7 Å². The molecule has 2 N–H and O–H groups in total. The monoisotopic (exact) mass is 318 g/mol. The first kappa shape index (κ1) is 15.7. The SMILES string of the molecule is CCOC(=O)c1c(CC)nc2[nH]ncc2c1NC1CCOCC1. The van der Waals surface area contributed by atoms with Gasteiger partial charge in [-0.25, -0.2) is 9.78 Å². The highest BCUT2D eigenvalue weighted by Crippen LogP contribution is 2.30. The highest BCUT2D eigenvalue weighted by atomic mass is 16.5. The van der Waals surface area contributed by atoms with Crippen LogP contribution in [0.2, 0.25) is 0 Å². The number of H-pyrrole nitrogens is 1. The number of ether oxygens (including phenoxy) is 2. The number of rotatable bonds is 5. The number of nitrogens with zero attached hydrogens (tertiary/aromatic N) is 2. The van der Waals surface area contributed by atoms with E-state index in [1.54, 1.807) is 13.1 Å². The van der Waals surface area contributed by atoms with Crippen molar-refractivity contribution in [3.8, 4) is 0 Å². The number of esters is 1. The maximum Gasteiger partial charge on any atom is 0.342 e. The summed E-state index contributed by atoms with van der Waals surface area (Å²) in [6, 6.07) is 0.266. The molecule has 1 saturated heterocycles. The standard InChI is InChI=1S/C16H22N4O3/c1-3-12-13(16(21)23-4-2)14(11-9-17-20-15(11)19-12)18-10-5-7-22-8-6-10/h9-10H,3-8H2,1-2H3,(H2,17,18,19,20). The zero-order valence-electron chi connectivity index (χ0n) is 13.5. The van der Waals surface area contributed by atoms with Crippen LogP contribution >= 0.6 is 0 Å². The molecule has 0 amide bonds. The number of carbonyl (C=O) groups is 1. The Labute approximate surface area is 134 Å². The lowest BCUT2D eigenvalue weighted by molar-refractivity contribution is 0.0525. The van der Waals surface area contributed by atoms with Gasteiger partial charge in [-0.2, -0.15) is 5.10 Å². The first-order chi connectivity index (χ1) is 11.2. The van der Waals surface area contributed by atoms with E-state index in [-0.39, 0.29) is 12.0 Å². The summed E-state index contributed by atoms with van der Waals surface area (Å²) in [4.78, 5) is 17.0. The average Bonchev–Trinajstić information content (AvgIpc) is 3.04. The molecule has 3 heterocycles.